The number of nitrogens with one attached hydrogen (secondary N) is 2. The Morgan fingerprint density at radius 3 is 2.46 bits per heavy atom. The molecule has 0 atom stereocenters. The number of carbonyl (C=O) groups excluding carboxylic acids is 1. The van der Waals surface area contributed by atoms with Crippen LogP contribution in [-0.4, -0.2) is 37.5 Å². The van der Waals surface area contributed by atoms with E-state index in [4.69, 9.17) is 5.73 Å². The van der Waals surface area contributed by atoms with Crippen molar-refractivity contribution in [2.45, 2.75) is 6.92 Å². The molecule has 0 unspecified atom stereocenters. The van der Waals surface area contributed by atoms with E-state index in [1.165, 1.54) is 0 Å². The molecule has 0 fully saturated rings. The second-order valence-electron chi connectivity index (χ2n) is 6.08. The molecule has 0 spiro atoms. The summed E-state index contributed by atoms with van der Waals surface area (Å²) in [5.74, 6) is 1.42. The molecule has 4 N–H and O–H groups in total. The average Bonchev–Trinajstić information content (AvgIpc) is 3.05. The number of aryl methyl sites for hydroxylation is 1. The molecule has 0 bridgehead atoms. The van der Waals surface area contributed by atoms with E-state index in [0.29, 0.717) is 23.3 Å². The maximum atomic E-state index is 11.7. The third-order valence-corrected chi connectivity index (χ3v) is 4.14. The molecule has 28 heavy (non-hydrogen) atoms. The minimum absolute atomic E-state index is 0.140. The zero-order valence-electron chi connectivity index (χ0n) is 15.3. The second-order valence-corrected chi connectivity index (χ2v) is 6.08. The maximum absolute atomic E-state index is 11.7. The van der Waals surface area contributed by atoms with Gasteiger partial charge in [0.15, 0.2) is 0 Å². The third-order valence-electron chi connectivity index (χ3n) is 4.14. The number of nitrogens with zero attached hydrogens (tertiary/aromatic N) is 5. The van der Waals surface area contributed by atoms with Gasteiger partial charge < -0.3 is 16.4 Å². The van der Waals surface area contributed by atoms with Crippen LogP contribution in [0.5, 0.6) is 0 Å². The molecule has 2 heterocycles. The highest BCUT2D eigenvalue weighted by atomic mass is 16.1. The average molecular weight is 374 g/mol. The van der Waals surface area contributed by atoms with E-state index in [1.807, 2.05) is 24.3 Å². The fourth-order valence-electron chi connectivity index (χ4n) is 2.88. The summed E-state index contributed by atoms with van der Waals surface area (Å²) < 4.78 is 1.78. The van der Waals surface area contributed by atoms with Gasteiger partial charge in [-0.1, -0.05) is 12.1 Å². The van der Waals surface area contributed by atoms with Crippen LogP contribution in [0.1, 0.15) is 16.2 Å². The SMILES string of the molecule is CNC(=O)c1ccc(Nc2nc3ccccc3n2-c2nc(C)nc(N)n2)cc1. The van der Waals surface area contributed by atoms with Crippen LogP contribution in [0.2, 0.25) is 0 Å². The lowest BCUT2D eigenvalue weighted by Gasteiger charge is -2.10. The van der Waals surface area contributed by atoms with Crippen LogP contribution in [0.15, 0.2) is 48.5 Å². The zero-order valence-corrected chi connectivity index (χ0v) is 15.3. The lowest BCUT2D eigenvalue weighted by Crippen LogP contribution is -2.17. The largest absolute Gasteiger partial charge is 0.368 e. The second kappa shape index (κ2) is 6.95. The van der Waals surface area contributed by atoms with Crippen LogP contribution < -0.4 is 16.4 Å². The van der Waals surface area contributed by atoms with Gasteiger partial charge in [0.2, 0.25) is 17.8 Å². The summed E-state index contributed by atoms with van der Waals surface area (Å²) in [7, 11) is 1.60. The molecule has 0 saturated heterocycles. The molecule has 9 heteroatoms. The topological polar surface area (TPSA) is 124 Å². The fraction of sp³-hybridized carbons (Fsp3) is 0.105. The van der Waals surface area contributed by atoms with E-state index in [9.17, 15) is 4.79 Å². The zero-order chi connectivity index (χ0) is 19.7. The van der Waals surface area contributed by atoms with Crippen LogP contribution in [0.4, 0.5) is 17.6 Å². The minimum atomic E-state index is -0.144. The van der Waals surface area contributed by atoms with Crippen molar-refractivity contribution in [1.29, 1.82) is 0 Å². The smallest absolute Gasteiger partial charge is 0.251 e. The molecule has 4 aromatic rings. The minimum Gasteiger partial charge on any atom is -0.368 e. The Hall–Kier alpha value is -4.01. The van der Waals surface area contributed by atoms with Gasteiger partial charge in [0.05, 0.1) is 11.0 Å². The van der Waals surface area contributed by atoms with E-state index in [-0.39, 0.29) is 11.9 Å². The normalized spacial score (nSPS) is 10.8. The Labute approximate surface area is 160 Å². The Balaban J connectivity index is 1.80. The lowest BCUT2D eigenvalue weighted by atomic mass is 10.2. The van der Waals surface area contributed by atoms with Gasteiger partial charge in [-0.15, -0.1) is 0 Å². The van der Waals surface area contributed by atoms with Gasteiger partial charge in [-0.05, 0) is 43.3 Å². The number of hydrogen-bond donors (Lipinski definition) is 3. The molecule has 9 nitrogen and oxygen atoms in total. The quantitative estimate of drug-likeness (QED) is 0.500. The molecular weight excluding hydrogens is 356 g/mol. The van der Waals surface area contributed by atoms with Crippen molar-refractivity contribution in [3.8, 4) is 5.95 Å². The summed E-state index contributed by atoms with van der Waals surface area (Å²) in [5, 5.41) is 5.86. The first-order valence-corrected chi connectivity index (χ1v) is 8.60. The summed E-state index contributed by atoms with van der Waals surface area (Å²) in [6.07, 6.45) is 0. The van der Waals surface area contributed by atoms with Crippen LogP contribution in [-0.2, 0) is 0 Å². The van der Waals surface area contributed by atoms with Gasteiger partial charge in [0, 0.05) is 18.3 Å². The van der Waals surface area contributed by atoms with Crippen molar-refractivity contribution in [3.63, 3.8) is 0 Å². The number of rotatable bonds is 4. The Morgan fingerprint density at radius 1 is 1.00 bits per heavy atom. The Bertz CT molecular complexity index is 1150. The highest BCUT2D eigenvalue weighted by Crippen LogP contribution is 2.25. The van der Waals surface area contributed by atoms with Crippen molar-refractivity contribution in [1.82, 2.24) is 29.8 Å². The first kappa shape index (κ1) is 17.4. The van der Waals surface area contributed by atoms with Crippen LogP contribution in [0, 0.1) is 6.92 Å². The fourth-order valence-corrected chi connectivity index (χ4v) is 2.88. The first-order chi connectivity index (χ1) is 13.5. The van der Waals surface area contributed by atoms with E-state index < -0.39 is 0 Å². The summed E-state index contributed by atoms with van der Waals surface area (Å²) >= 11 is 0. The molecule has 0 aliphatic carbocycles. The number of amides is 1. The number of imidazole rings is 1. The summed E-state index contributed by atoms with van der Waals surface area (Å²) in [4.78, 5) is 29.1. The first-order valence-electron chi connectivity index (χ1n) is 8.60. The summed E-state index contributed by atoms with van der Waals surface area (Å²) in [6.45, 7) is 1.76. The molecule has 140 valence electrons. The number of anilines is 3. The van der Waals surface area contributed by atoms with E-state index in [2.05, 4.69) is 30.6 Å². The third kappa shape index (κ3) is 3.20. The summed E-state index contributed by atoms with van der Waals surface area (Å²) in [6, 6.07) is 14.7. The molecule has 2 aromatic heterocycles. The predicted molar refractivity (Wildman–Crippen MR) is 107 cm³/mol. The molecule has 0 aliphatic rings. The Morgan fingerprint density at radius 2 is 1.75 bits per heavy atom. The van der Waals surface area contributed by atoms with Crippen molar-refractivity contribution in [3.05, 3.63) is 59.9 Å². The number of nitrogen functional groups attached to an aromatic ring is 1. The molecule has 4 rings (SSSR count). The molecule has 0 radical (unpaired) electrons. The Kier molecular flexibility index (Phi) is 4.32. The van der Waals surface area contributed by atoms with E-state index in [0.717, 1.165) is 16.7 Å². The van der Waals surface area contributed by atoms with Gasteiger partial charge in [-0.3, -0.25) is 4.79 Å². The van der Waals surface area contributed by atoms with Crippen LogP contribution in [0.3, 0.4) is 0 Å². The summed E-state index contributed by atoms with van der Waals surface area (Å²) in [5.41, 5.74) is 8.77. The number of fused-ring (bicyclic) bond motifs is 1. The number of carbonyl (C=O) groups is 1. The van der Waals surface area contributed by atoms with Crippen molar-refractivity contribution in [2.75, 3.05) is 18.1 Å². The monoisotopic (exact) mass is 374 g/mol. The standard InChI is InChI=1S/C19H18N8O/c1-11-22-17(20)26-18(23-11)27-15-6-4-3-5-14(15)25-19(27)24-13-9-7-12(8-10-13)16(28)21-2/h3-10H,1-2H3,(H,21,28)(H,24,25)(H2,20,22,23,26). The molecular formula is C19H18N8O. The highest BCUT2D eigenvalue weighted by molar-refractivity contribution is 5.94. The van der Waals surface area contributed by atoms with Crippen LogP contribution >= 0.6 is 0 Å². The van der Waals surface area contributed by atoms with Gasteiger partial charge in [-0.2, -0.15) is 15.0 Å². The number of hydrogen-bond acceptors (Lipinski definition) is 7. The molecule has 0 aliphatic heterocycles. The van der Waals surface area contributed by atoms with Gasteiger partial charge >= 0.3 is 0 Å². The van der Waals surface area contributed by atoms with Crippen molar-refractivity contribution < 1.29 is 4.79 Å². The van der Waals surface area contributed by atoms with Gasteiger partial charge in [0.25, 0.3) is 5.91 Å². The number of benzene rings is 2. The van der Waals surface area contributed by atoms with Gasteiger partial charge in [0.1, 0.15) is 5.82 Å². The van der Waals surface area contributed by atoms with E-state index in [1.54, 1.807) is 42.8 Å². The number of para-hydroxylation sites is 2. The van der Waals surface area contributed by atoms with Gasteiger partial charge in [-0.25, -0.2) is 9.55 Å². The predicted octanol–water partition coefficient (Wildman–Crippen LogP) is 2.20. The highest BCUT2D eigenvalue weighted by Gasteiger charge is 2.16. The number of nitrogens with two attached hydrogens (primary N) is 1. The molecule has 1 amide bonds. The van der Waals surface area contributed by atoms with Crippen molar-refractivity contribution >= 4 is 34.5 Å². The van der Waals surface area contributed by atoms with Crippen LogP contribution in [0.25, 0.3) is 17.0 Å². The molecule has 0 saturated carbocycles. The maximum Gasteiger partial charge on any atom is 0.251 e. The lowest BCUT2D eigenvalue weighted by molar-refractivity contribution is 0.0963. The van der Waals surface area contributed by atoms with E-state index >= 15 is 0 Å². The van der Waals surface area contributed by atoms with Crippen molar-refractivity contribution in [2.24, 2.45) is 0 Å². The molecule has 2 aromatic carbocycles. The number of aromatic nitrogens is 5.